The standard InChI is InChI=1S/C14H12Cl3FN2/c15-9-1-4-12(16)8(5-9)6-14(20-19)11-3-2-10(18)7-13(11)17/h1-5,7,14,20H,6,19H2. The zero-order valence-corrected chi connectivity index (χ0v) is 12.6. The van der Waals surface area contributed by atoms with Crippen LogP contribution < -0.4 is 11.3 Å². The summed E-state index contributed by atoms with van der Waals surface area (Å²) in [5.41, 5.74) is 4.20. The molecule has 20 heavy (non-hydrogen) atoms. The number of rotatable bonds is 4. The van der Waals surface area contributed by atoms with Crippen LogP contribution in [0.5, 0.6) is 0 Å². The van der Waals surface area contributed by atoms with Gasteiger partial charge in [0.1, 0.15) is 5.82 Å². The molecular weight excluding hydrogens is 322 g/mol. The molecule has 0 aliphatic rings. The molecule has 1 unspecified atom stereocenters. The van der Waals surface area contributed by atoms with Gasteiger partial charge in [0.25, 0.3) is 0 Å². The molecule has 2 nitrogen and oxygen atoms in total. The van der Waals surface area contributed by atoms with Gasteiger partial charge in [0.15, 0.2) is 0 Å². The van der Waals surface area contributed by atoms with Gasteiger partial charge >= 0.3 is 0 Å². The molecule has 2 aromatic rings. The maximum absolute atomic E-state index is 13.1. The number of nitrogens with one attached hydrogen (secondary N) is 1. The second-order valence-electron chi connectivity index (χ2n) is 4.32. The number of hydrogen-bond donors (Lipinski definition) is 2. The second kappa shape index (κ2) is 6.74. The van der Waals surface area contributed by atoms with E-state index in [9.17, 15) is 4.39 Å². The molecule has 0 fully saturated rings. The highest BCUT2D eigenvalue weighted by Gasteiger charge is 2.16. The van der Waals surface area contributed by atoms with E-state index in [1.54, 1.807) is 24.3 Å². The molecule has 0 radical (unpaired) electrons. The molecule has 2 rings (SSSR count). The lowest BCUT2D eigenvalue weighted by atomic mass is 9.99. The minimum absolute atomic E-state index is 0.293. The number of benzene rings is 2. The van der Waals surface area contributed by atoms with E-state index in [0.29, 0.717) is 27.1 Å². The zero-order valence-electron chi connectivity index (χ0n) is 10.3. The second-order valence-corrected chi connectivity index (χ2v) is 5.58. The van der Waals surface area contributed by atoms with Crippen LogP contribution >= 0.6 is 34.8 Å². The fourth-order valence-corrected chi connectivity index (χ4v) is 2.65. The molecule has 0 aliphatic heterocycles. The van der Waals surface area contributed by atoms with E-state index in [2.05, 4.69) is 5.43 Å². The molecule has 0 heterocycles. The van der Waals surface area contributed by atoms with Crippen molar-refractivity contribution in [1.29, 1.82) is 0 Å². The van der Waals surface area contributed by atoms with Crippen LogP contribution in [0.15, 0.2) is 36.4 Å². The van der Waals surface area contributed by atoms with Crippen molar-refractivity contribution >= 4 is 34.8 Å². The summed E-state index contributed by atoms with van der Waals surface area (Å²) in [6.45, 7) is 0. The highest BCUT2D eigenvalue weighted by atomic mass is 35.5. The van der Waals surface area contributed by atoms with E-state index in [1.807, 2.05) is 0 Å². The van der Waals surface area contributed by atoms with E-state index in [4.69, 9.17) is 40.6 Å². The third-order valence-corrected chi connectivity index (χ3v) is 3.90. The number of nitrogens with two attached hydrogens (primary N) is 1. The molecular formula is C14H12Cl3FN2. The summed E-state index contributed by atoms with van der Waals surface area (Å²) in [6.07, 6.45) is 0.487. The Kier molecular flexibility index (Phi) is 5.24. The predicted molar refractivity (Wildman–Crippen MR) is 81.6 cm³/mol. The smallest absolute Gasteiger partial charge is 0.124 e. The van der Waals surface area contributed by atoms with Crippen molar-refractivity contribution in [3.8, 4) is 0 Å². The lowest BCUT2D eigenvalue weighted by molar-refractivity contribution is 0.549. The summed E-state index contributed by atoms with van der Waals surface area (Å²) < 4.78 is 13.1. The van der Waals surface area contributed by atoms with Crippen LogP contribution in [0.25, 0.3) is 0 Å². The zero-order chi connectivity index (χ0) is 14.7. The Morgan fingerprint density at radius 2 is 1.80 bits per heavy atom. The van der Waals surface area contributed by atoms with Crippen molar-refractivity contribution in [1.82, 2.24) is 5.43 Å². The minimum atomic E-state index is -0.393. The van der Waals surface area contributed by atoms with Crippen molar-refractivity contribution in [3.05, 3.63) is 68.4 Å². The van der Waals surface area contributed by atoms with E-state index in [0.717, 1.165) is 5.56 Å². The van der Waals surface area contributed by atoms with E-state index in [1.165, 1.54) is 12.1 Å². The summed E-state index contributed by atoms with van der Waals surface area (Å²) in [7, 11) is 0. The van der Waals surface area contributed by atoms with Crippen LogP contribution in [0.1, 0.15) is 17.2 Å². The average Bonchev–Trinajstić information content (AvgIpc) is 2.40. The number of hydrazine groups is 1. The van der Waals surface area contributed by atoms with Gasteiger partial charge in [-0.2, -0.15) is 0 Å². The van der Waals surface area contributed by atoms with Crippen LogP contribution in [0, 0.1) is 5.82 Å². The number of halogens is 4. The van der Waals surface area contributed by atoms with Gasteiger partial charge in [0, 0.05) is 15.1 Å². The normalized spacial score (nSPS) is 12.4. The van der Waals surface area contributed by atoms with Crippen LogP contribution in [-0.2, 0) is 6.42 Å². The van der Waals surface area contributed by atoms with E-state index < -0.39 is 5.82 Å². The summed E-state index contributed by atoms with van der Waals surface area (Å²) in [6, 6.07) is 9.10. The quantitative estimate of drug-likeness (QED) is 0.637. The van der Waals surface area contributed by atoms with Gasteiger partial charge in [-0.15, -0.1) is 0 Å². The van der Waals surface area contributed by atoms with Crippen LogP contribution in [0.4, 0.5) is 4.39 Å². The monoisotopic (exact) mass is 332 g/mol. The van der Waals surface area contributed by atoms with Crippen molar-refractivity contribution in [2.24, 2.45) is 5.84 Å². The van der Waals surface area contributed by atoms with E-state index in [-0.39, 0.29) is 6.04 Å². The highest BCUT2D eigenvalue weighted by Crippen LogP contribution is 2.29. The summed E-state index contributed by atoms with van der Waals surface area (Å²) >= 11 is 18.1. The lowest BCUT2D eigenvalue weighted by Crippen LogP contribution is -2.30. The number of hydrogen-bond acceptors (Lipinski definition) is 2. The SMILES string of the molecule is NNC(Cc1cc(Cl)ccc1Cl)c1ccc(F)cc1Cl. The predicted octanol–water partition coefficient (Wildman–Crippen LogP) is 4.53. The molecule has 1 atom stereocenters. The van der Waals surface area contributed by atoms with Gasteiger partial charge in [0.05, 0.1) is 6.04 Å². The van der Waals surface area contributed by atoms with Crippen molar-refractivity contribution in [2.45, 2.75) is 12.5 Å². The molecule has 0 aromatic heterocycles. The lowest BCUT2D eigenvalue weighted by Gasteiger charge is -2.18. The third kappa shape index (κ3) is 3.62. The maximum atomic E-state index is 13.1. The Bertz CT molecular complexity index is 619. The first-order chi connectivity index (χ1) is 9.51. The molecule has 6 heteroatoms. The Labute approximate surface area is 131 Å². The third-order valence-electron chi connectivity index (χ3n) is 2.97. The minimum Gasteiger partial charge on any atom is -0.271 e. The fourth-order valence-electron chi connectivity index (χ4n) is 1.96. The van der Waals surface area contributed by atoms with Crippen LogP contribution in [0.2, 0.25) is 15.1 Å². The molecule has 0 saturated heterocycles. The molecule has 3 N–H and O–H groups in total. The summed E-state index contributed by atoms with van der Waals surface area (Å²) in [5, 5.41) is 1.49. The molecule has 0 saturated carbocycles. The first-order valence-corrected chi connectivity index (χ1v) is 6.99. The topological polar surface area (TPSA) is 38.0 Å². The van der Waals surface area contributed by atoms with Gasteiger partial charge < -0.3 is 0 Å². The summed E-state index contributed by atoms with van der Waals surface area (Å²) in [5.74, 6) is 5.18. The van der Waals surface area contributed by atoms with Gasteiger partial charge in [0.2, 0.25) is 0 Å². The molecule has 0 bridgehead atoms. The van der Waals surface area contributed by atoms with Gasteiger partial charge in [-0.05, 0) is 47.9 Å². The van der Waals surface area contributed by atoms with Crippen LogP contribution in [-0.4, -0.2) is 0 Å². The van der Waals surface area contributed by atoms with Gasteiger partial charge in [-0.3, -0.25) is 11.3 Å². The van der Waals surface area contributed by atoms with Crippen molar-refractivity contribution in [2.75, 3.05) is 0 Å². The largest absolute Gasteiger partial charge is 0.271 e. The Hall–Kier alpha value is -0.840. The highest BCUT2D eigenvalue weighted by molar-refractivity contribution is 6.33. The van der Waals surface area contributed by atoms with Gasteiger partial charge in [-0.25, -0.2) is 4.39 Å². The molecule has 106 valence electrons. The molecule has 0 spiro atoms. The molecule has 2 aromatic carbocycles. The van der Waals surface area contributed by atoms with Crippen molar-refractivity contribution in [3.63, 3.8) is 0 Å². The van der Waals surface area contributed by atoms with Crippen molar-refractivity contribution < 1.29 is 4.39 Å². The van der Waals surface area contributed by atoms with Gasteiger partial charge in [-0.1, -0.05) is 40.9 Å². The van der Waals surface area contributed by atoms with E-state index >= 15 is 0 Å². The maximum Gasteiger partial charge on any atom is 0.124 e. The summed E-state index contributed by atoms with van der Waals surface area (Å²) in [4.78, 5) is 0. The Balaban J connectivity index is 2.31. The first-order valence-electron chi connectivity index (χ1n) is 5.86. The average molecular weight is 334 g/mol. The molecule has 0 amide bonds. The molecule has 0 aliphatic carbocycles. The Morgan fingerprint density at radius 3 is 2.45 bits per heavy atom. The van der Waals surface area contributed by atoms with Crippen LogP contribution in [0.3, 0.4) is 0 Å². The fraction of sp³-hybridized carbons (Fsp3) is 0.143. The Morgan fingerprint density at radius 1 is 1.05 bits per heavy atom. The first kappa shape index (κ1) is 15.5.